The number of nitrogens with zero attached hydrogens (tertiary/aromatic N) is 1. The van der Waals surface area contributed by atoms with E-state index in [1.54, 1.807) is 4.90 Å². The second-order valence-electron chi connectivity index (χ2n) is 5.83. The molecule has 2 amide bonds. The van der Waals surface area contributed by atoms with E-state index < -0.39 is 0 Å². The second kappa shape index (κ2) is 8.96. The second-order valence-corrected chi connectivity index (χ2v) is 5.83. The molecule has 0 spiro atoms. The minimum Gasteiger partial charge on any atom is -0.494 e. The van der Waals surface area contributed by atoms with Crippen molar-refractivity contribution in [3.05, 3.63) is 59.7 Å². The zero-order valence-corrected chi connectivity index (χ0v) is 14.7. The lowest BCUT2D eigenvalue weighted by molar-refractivity contribution is 0.244. The summed E-state index contributed by atoms with van der Waals surface area (Å²) in [4.78, 5) is 14.1. The molecule has 0 atom stereocenters. The van der Waals surface area contributed by atoms with Gasteiger partial charge in [0.2, 0.25) is 0 Å². The van der Waals surface area contributed by atoms with Crippen molar-refractivity contribution >= 4 is 11.7 Å². The van der Waals surface area contributed by atoms with E-state index in [-0.39, 0.29) is 6.03 Å². The molecule has 1 N–H and O–H groups in total. The van der Waals surface area contributed by atoms with Crippen molar-refractivity contribution in [2.45, 2.75) is 27.2 Å². The summed E-state index contributed by atoms with van der Waals surface area (Å²) in [7, 11) is 0. The van der Waals surface area contributed by atoms with Gasteiger partial charge in [0, 0.05) is 18.8 Å². The Morgan fingerprint density at radius 2 is 1.83 bits per heavy atom. The number of carbonyl (C=O) groups is 1. The van der Waals surface area contributed by atoms with Crippen LogP contribution in [0, 0.1) is 13.8 Å². The maximum atomic E-state index is 12.3. The molecule has 0 bridgehead atoms. The Morgan fingerprint density at radius 1 is 1.08 bits per heavy atom. The van der Waals surface area contributed by atoms with Crippen LogP contribution in [0.1, 0.15) is 24.5 Å². The van der Waals surface area contributed by atoms with Crippen LogP contribution in [0.25, 0.3) is 0 Å². The fraction of sp³-hybridized carbons (Fsp3) is 0.350. The summed E-state index contributed by atoms with van der Waals surface area (Å²) in [5, 5.41) is 2.95. The number of hydrogen-bond donors (Lipinski definition) is 1. The van der Waals surface area contributed by atoms with Crippen LogP contribution in [-0.4, -0.2) is 25.7 Å². The Bertz CT molecular complexity index is 653. The SMILES string of the molecule is CCN(C(=O)NCCCOc1ccc(C)cc1)c1cccc(C)c1. The molecule has 0 saturated carbocycles. The van der Waals surface area contributed by atoms with Crippen molar-refractivity contribution in [2.24, 2.45) is 0 Å². The van der Waals surface area contributed by atoms with Gasteiger partial charge in [0.15, 0.2) is 0 Å². The first-order chi connectivity index (χ1) is 11.6. The van der Waals surface area contributed by atoms with Gasteiger partial charge in [0.05, 0.1) is 6.61 Å². The fourth-order valence-corrected chi connectivity index (χ4v) is 2.43. The highest BCUT2D eigenvalue weighted by Gasteiger charge is 2.12. The summed E-state index contributed by atoms with van der Waals surface area (Å²) in [6.45, 7) is 7.86. The number of urea groups is 1. The van der Waals surface area contributed by atoms with Gasteiger partial charge in [0.1, 0.15) is 5.75 Å². The van der Waals surface area contributed by atoms with Gasteiger partial charge < -0.3 is 10.1 Å². The van der Waals surface area contributed by atoms with E-state index in [4.69, 9.17) is 4.74 Å². The van der Waals surface area contributed by atoms with Gasteiger partial charge in [-0.1, -0.05) is 29.8 Å². The van der Waals surface area contributed by atoms with E-state index in [1.165, 1.54) is 5.56 Å². The van der Waals surface area contributed by atoms with Gasteiger partial charge in [-0.3, -0.25) is 4.90 Å². The molecule has 0 aliphatic rings. The first-order valence-corrected chi connectivity index (χ1v) is 8.41. The summed E-state index contributed by atoms with van der Waals surface area (Å²) in [6.07, 6.45) is 0.769. The van der Waals surface area contributed by atoms with Crippen LogP contribution >= 0.6 is 0 Å². The fourth-order valence-electron chi connectivity index (χ4n) is 2.43. The maximum Gasteiger partial charge on any atom is 0.321 e. The highest BCUT2D eigenvalue weighted by Crippen LogP contribution is 2.15. The Morgan fingerprint density at radius 3 is 2.50 bits per heavy atom. The minimum absolute atomic E-state index is 0.0709. The summed E-state index contributed by atoms with van der Waals surface area (Å²) < 4.78 is 5.67. The first-order valence-electron chi connectivity index (χ1n) is 8.41. The molecule has 0 radical (unpaired) electrons. The third-order valence-electron chi connectivity index (χ3n) is 3.76. The number of anilines is 1. The number of carbonyl (C=O) groups excluding carboxylic acids is 1. The molecule has 0 unspecified atom stereocenters. The van der Waals surface area contributed by atoms with E-state index in [0.717, 1.165) is 23.4 Å². The van der Waals surface area contributed by atoms with Crippen molar-refractivity contribution < 1.29 is 9.53 Å². The van der Waals surface area contributed by atoms with Crippen molar-refractivity contribution in [1.29, 1.82) is 0 Å². The number of hydrogen-bond acceptors (Lipinski definition) is 2. The summed E-state index contributed by atoms with van der Waals surface area (Å²) >= 11 is 0. The van der Waals surface area contributed by atoms with Gasteiger partial charge in [-0.2, -0.15) is 0 Å². The van der Waals surface area contributed by atoms with Crippen molar-refractivity contribution in [3.8, 4) is 5.75 Å². The van der Waals surface area contributed by atoms with Crippen LogP contribution in [0.2, 0.25) is 0 Å². The molecule has 2 rings (SSSR count). The number of nitrogens with one attached hydrogen (secondary N) is 1. The van der Waals surface area contributed by atoms with Crippen LogP contribution in [0.5, 0.6) is 5.75 Å². The summed E-state index contributed by atoms with van der Waals surface area (Å²) in [6, 6.07) is 15.9. The van der Waals surface area contributed by atoms with Crippen LogP contribution in [0.15, 0.2) is 48.5 Å². The van der Waals surface area contributed by atoms with Crippen LogP contribution in [0.4, 0.5) is 10.5 Å². The Hall–Kier alpha value is -2.49. The molecule has 128 valence electrons. The van der Waals surface area contributed by atoms with E-state index >= 15 is 0 Å². The summed E-state index contributed by atoms with van der Waals surface area (Å²) in [5.74, 6) is 0.863. The molecular weight excluding hydrogens is 300 g/mol. The van der Waals surface area contributed by atoms with Crippen molar-refractivity contribution in [1.82, 2.24) is 5.32 Å². The molecule has 0 fully saturated rings. The van der Waals surface area contributed by atoms with Crippen LogP contribution in [0.3, 0.4) is 0 Å². The molecule has 4 nitrogen and oxygen atoms in total. The Kier molecular flexibility index (Phi) is 6.67. The molecule has 24 heavy (non-hydrogen) atoms. The van der Waals surface area contributed by atoms with E-state index in [0.29, 0.717) is 19.7 Å². The van der Waals surface area contributed by atoms with Crippen LogP contribution in [-0.2, 0) is 0 Å². The van der Waals surface area contributed by atoms with E-state index in [2.05, 4.69) is 5.32 Å². The Balaban J connectivity index is 1.74. The third-order valence-corrected chi connectivity index (χ3v) is 3.76. The van der Waals surface area contributed by atoms with Crippen molar-refractivity contribution in [2.75, 3.05) is 24.6 Å². The molecular formula is C20H26N2O2. The lowest BCUT2D eigenvalue weighted by Crippen LogP contribution is -2.40. The number of aryl methyl sites for hydroxylation is 2. The highest BCUT2D eigenvalue weighted by atomic mass is 16.5. The van der Waals surface area contributed by atoms with Gasteiger partial charge in [-0.15, -0.1) is 0 Å². The average molecular weight is 326 g/mol. The number of benzene rings is 2. The lowest BCUT2D eigenvalue weighted by atomic mass is 10.2. The molecule has 0 saturated heterocycles. The number of amides is 2. The van der Waals surface area contributed by atoms with E-state index in [9.17, 15) is 4.79 Å². The van der Waals surface area contributed by atoms with Crippen LogP contribution < -0.4 is 15.0 Å². The largest absolute Gasteiger partial charge is 0.494 e. The molecule has 0 aliphatic heterocycles. The standard InChI is InChI=1S/C20H26N2O2/c1-4-22(18-8-5-7-17(3)15-18)20(23)21-13-6-14-24-19-11-9-16(2)10-12-19/h5,7-12,15H,4,6,13-14H2,1-3H3,(H,21,23). The van der Waals surface area contributed by atoms with Gasteiger partial charge in [-0.25, -0.2) is 4.79 Å². The lowest BCUT2D eigenvalue weighted by Gasteiger charge is -2.22. The third kappa shape index (κ3) is 5.30. The molecule has 2 aromatic carbocycles. The highest BCUT2D eigenvalue weighted by molar-refractivity contribution is 5.91. The maximum absolute atomic E-state index is 12.3. The quantitative estimate of drug-likeness (QED) is 0.770. The topological polar surface area (TPSA) is 41.6 Å². The molecule has 0 aromatic heterocycles. The number of ether oxygens (including phenoxy) is 1. The molecule has 0 heterocycles. The average Bonchev–Trinajstić information content (AvgIpc) is 2.57. The summed E-state index contributed by atoms with van der Waals surface area (Å²) in [5.41, 5.74) is 3.28. The van der Waals surface area contributed by atoms with Gasteiger partial charge in [-0.05, 0) is 57.0 Å². The minimum atomic E-state index is -0.0709. The molecule has 4 heteroatoms. The molecule has 2 aromatic rings. The molecule has 0 aliphatic carbocycles. The zero-order valence-electron chi connectivity index (χ0n) is 14.7. The van der Waals surface area contributed by atoms with Gasteiger partial charge >= 0.3 is 6.03 Å². The van der Waals surface area contributed by atoms with E-state index in [1.807, 2.05) is 69.3 Å². The first kappa shape index (κ1) is 17.9. The smallest absolute Gasteiger partial charge is 0.321 e. The van der Waals surface area contributed by atoms with Gasteiger partial charge in [0.25, 0.3) is 0 Å². The Labute approximate surface area is 144 Å². The zero-order chi connectivity index (χ0) is 17.4. The number of rotatable bonds is 7. The van der Waals surface area contributed by atoms with Crippen molar-refractivity contribution in [3.63, 3.8) is 0 Å². The predicted octanol–water partition coefficient (Wildman–Crippen LogP) is 4.31. The monoisotopic (exact) mass is 326 g/mol. The normalized spacial score (nSPS) is 10.3. The predicted molar refractivity (Wildman–Crippen MR) is 98.9 cm³/mol.